The van der Waals surface area contributed by atoms with Crippen LogP contribution in [0, 0.1) is 0 Å². The molecule has 3 heteroatoms. The Balaban J connectivity index is 2.52. The minimum atomic E-state index is 0.453. The van der Waals surface area contributed by atoms with E-state index in [0.717, 1.165) is 25.9 Å². The van der Waals surface area contributed by atoms with Gasteiger partial charge in [-0.2, -0.15) is 0 Å². The first-order valence-electron chi connectivity index (χ1n) is 5.63. The zero-order chi connectivity index (χ0) is 11.1. The number of hydrogen-bond donors (Lipinski definition) is 1. The van der Waals surface area contributed by atoms with Crippen molar-refractivity contribution >= 4 is 0 Å². The van der Waals surface area contributed by atoms with Crippen molar-refractivity contribution in [1.29, 1.82) is 0 Å². The van der Waals surface area contributed by atoms with Crippen molar-refractivity contribution in [2.24, 2.45) is 0 Å². The Morgan fingerprint density at radius 1 is 1.67 bits per heavy atom. The molecule has 0 saturated heterocycles. The maximum absolute atomic E-state index is 4.37. The Hall–Kier alpha value is -1.09. The molecule has 3 nitrogen and oxygen atoms in total. The average molecular weight is 207 g/mol. The molecule has 1 heterocycles. The van der Waals surface area contributed by atoms with Crippen molar-refractivity contribution in [2.75, 3.05) is 13.1 Å². The number of nitrogens with zero attached hydrogens (tertiary/aromatic N) is 2. The van der Waals surface area contributed by atoms with E-state index >= 15 is 0 Å². The summed E-state index contributed by atoms with van der Waals surface area (Å²) in [7, 11) is 0. The van der Waals surface area contributed by atoms with E-state index in [0.29, 0.717) is 6.04 Å². The van der Waals surface area contributed by atoms with Crippen LogP contribution < -0.4 is 5.32 Å². The summed E-state index contributed by atoms with van der Waals surface area (Å²) in [5.41, 5.74) is 0. The molecule has 15 heavy (non-hydrogen) atoms. The van der Waals surface area contributed by atoms with Gasteiger partial charge in [-0.15, -0.1) is 6.58 Å². The van der Waals surface area contributed by atoms with Crippen molar-refractivity contribution in [2.45, 2.75) is 32.7 Å². The molecular weight excluding hydrogens is 186 g/mol. The van der Waals surface area contributed by atoms with E-state index < -0.39 is 0 Å². The Bertz CT molecular complexity index is 291. The fourth-order valence-corrected chi connectivity index (χ4v) is 1.66. The Morgan fingerprint density at radius 3 is 3.13 bits per heavy atom. The maximum atomic E-state index is 4.37. The largest absolute Gasteiger partial charge is 0.331 e. The van der Waals surface area contributed by atoms with Gasteiger partial charge in [-0.3, -0.25) is 0 Å². The molecule has 0 amide bonds. The van der Waals surface area contributed by atoms with Gasteiger partial charge >= 0.3 is 0 Å². The van der Waals surface area contributed by atoms with E-state index in [4.69, 9.17) is 0 Å². The van der Waals surface area contributed by atoms with E-state index in [1.165, 1.54) is 5.82 Å². The van der Waals surface area contributed by atoms with E-state index in [1.54, 1.807) is 0 Å². The smallest absolute Gasteiger partial charge is 0.108 e. The highest BCUT2D eigenvalue weighted by Gasteiger charge is 2.08. The number of aryl methyl sites for hydroxylation is 1. The first kappa shape index (κ1) is 12.0. The number of imidazole rings is 1. The van der Waals surface area contributed by atoms with Crippen molar-refractivity contribution in [3.05, 3.63) is 30.9 Å². The molecule has 0 bridgehead atoms. The molecule has 0 aliphatic heterocycles. The molecule has 0 spiro atoms. The van der Waals surface area contributed by atoms with E-state index in [9.17, 15) is 0 Å². The van der Waals surface area contributed by atoms with Crippen LogP contribution in [0.5, 0.6) is 0 Å². The van der Waals surface area contributed by atoms with Gasteiger partial charge in [0.1, 0.15) is 5.82 Å². The third-order valence-electron chi connectivity index (χ3n) is 2.43. The van der Waals surface area contributed by atoms with E-state index in [2.05, 4.69) is 41.5 Å². The van der Waals surface area contributed by atoms with Gasteiger partial charge in [0, 0.05) is 37.9 Å². The van der Waals surface area contributed by atoms with Crippen LogP contribution in [-0.2, 0) is 6.42 Å². The minimum absolute atomic E-state index is 0.453. The standard InChI is InChI=1S/C12H21N3/c1-4-6-12-14-8-9-15(12)11(3)10-13-7-5-2/h5,8-9,11,13H,2,4,6-7,10H2,1,3H3. The Morgan fingerprint density at radius 2 is 2.47 bits per heavy atom. The molecule has 0 fully saturated rings. The van der Waals surface area contributed by atoms with Crippen molar-refractivity contribution in [1.82, 2.24) is 14.9 Å². The SMILES string of the molecule is C=CCNCC(C)n1ccnc1CCC. The van der Waals surface area contributed by atoms with Crippen LogP contribution in [0.2, 0.25) is 0 Å². The number of hydrogen-bond acceptors (Lipinski definition) is 2. The number of rotatable bonds is 7. The van der Waals surface area contributed by atoms with Crippen LogP contribution in [0.4, 0.5) is 0 Å². The van der Waals surface area contributed by atoms with Gasteiger partial charge in [-0.05, 0) is 13.3 Å². The molecule has 1 rings (SSSR count). The van der Waals surface area contributed by atoms with Crippen molar-refractivity contribution in [3.63, 3.8) is 0 Å². The van der Waals surface area contributed by atoms with Gasteiger partial charge in [0.2, 0.25) is 0 Å². The van der Waals surface area contributed by atoms with E-state index in [1.807, 2.05) is 12.3 Å². The molecule has 0 radical (unpaired) electrons. The lowest BCUT2D eigenvalue weighted by Gasteiger charge is -2.16. The first-order valence-corrected chi connectivity index (χ1v) is 5.63. The lowest BCUT2D eigenvalue weighted by Crippen LogP contribution is -2.24. The van der Waals surface area contributed by atoms with Gasteiger partial charge < -0.3 is 9.88 Å². The molecule has 1 aromatic heterocycles. The maximum Gasteiger partial charge on any atom is 0.108 e. The number of nitrogens with one attached hydrogen (secondary N) is 1. The van der Waals surface area contributed by atoms with E-state index in [-0.39, 0.29) is 0 Å². The van der Waals surface area contributed by atoms with Gasteiger partial charge in [0.05, 0.1) is 0 Å². The molecule has 0 aliphatic carbocycles. The highest BCUT2D eigenvalue weighted by Crippen LogP contribution is 2.09. The van der Waals surface area contributed by atoms with Crippen LogP contribution in [0.3, 0.4) is 0 Å². The third kappa shape index (κ3) is 3.51. The average Bonchev–Trinajstić information content (AvgIpc) is 2.67. The predicted octanol–water partition coefficient (Wildman–Crippen LogP) is 2.17. The summed E-state index contributed by atoms with van der Waals surface area (Å²) in [4.78, 5) is 4.37. The van der Waals surface area contributed by atoms with Crippen LogP contribution >= 0.6 is 0 Å². The van der Waals surface area contributed by atoms with Gasteiger partial charge in [-0.25, -0.2) is 4.98 Å². The summed E-state index contributed by atoms with van der Waals surface area (Å²) < 4.78 is 2.25. The van der Waals surface area contributed by atoms with Gasteiger partial charge in [-0.1, -0.05) is 13.0 Å². The molecular formula is C12H21N3. The third-order valence-corrected chi connectivity index (χ3v) is 2.43. The minimum Gasteiger partial charge on any atom is -0.331 e. The van der Waals surface area contributed by atoms with Crippen LogP contribution in [0.15, 0.2) is 25.0 Å². The van der Waals surface area contributed by atoms with Crippen molar-refractivity contribution < 1.29 is 0 Å². The normalized spacial score (nSPS) is 12.7. The molecule has 1 atom stereocenters. The predicted molar refractivity (Wildman–Crippen MR) is 64.0 cm³/mol. The van der Waals surface area contributed by atoms with Gasteiger partial charge in [0.25, 0.3) is 0 Å². The summed E-state index contributed by atoms with van der Waals surface area (Å²) in [6.45, 7) is 9.89. The zero-order valence-electron chi connectivity index (χ0n) is 9.74. The monoisotopic (exact) mass is 207 g/mol. The van der Waals surface area contributed by atoms with Crippen LogP contribution in [0.1, 0.15) is 32.1 Å². The Kier molecular flexibility index (Phi) is 5.12. The summed E-state index contributed by atoms with van der Waals surface area (Å²) in [5, 5.41) is 3.33. The highest BCUT2D eigenvalue weighted by atomic mass is 15.1. The van der Waals surface area contributed by atoms with Gasteiger partial charge in [0.15, 0.2) is 0 Å². The van der Waals surface area contributed by atoms with Crippen LogP contribution in [0.25, 0.3) is 0 Å². The zero-order valence-corrected chi connectivity index (χ0v) is 9.74. The summed E-state index contributed by atoms with van der Waals surface area (Å²) in [6, 6.07) is 0.453. The molecule has 0 aromatic carbocycles. The molecule has 1 unspecified atom stereocenters. The fourth-order valence-electron chi connectivity index (χ4n) is 1.66. The quantitative estimate of drug-likeness (QED) is 0.548. The Labute approximate surface area is 92.2 Å². The molecule has 1 N–H and O–H groups in total. The highest BCUT2D eigenvalue weighted by molar-refractivity contribution is 4.95. The second kappa shape index (κ2) is 6.40. The summed E-state index contributed by atoms with van der Waals surface area (Å²) in [6.07, 6.45) is 8.02. The van der Waals surface area contributed by atoms with Crippen molar-refractivity contribution in [3.8, 4) is 0 Å². The first-order chi connectivity index (χ1) is 7.29. The molecule has 0 aliphatic rings. The second-order valence-corrected chi connectivity index (χ2v) is 3.80. The summed E-state index contributed by atoms with van der Waals surface area (Å²) >= 11 is 0. The lowest BCUT2D eigenvalue weighted by atomic mass is 10.2. The second-order valence-electron chi connectivity index (χ2n) is 3.80. The summed E-state index contributed by atoms with van der Waals surface area (Å²) in [5.74, 6) is 1.19. The fraction of sp³-hybridized carbons (Fsp3) is 0.583. The molecule has 84 valence electrons. The lowest BCUT2D eigenvalue weighted by molar-refractivity contribution is 0.489. The topological polar surface area (TPSA) is 29.9 Å². The number of aromatic nitrogens is 2. The van der Waals surface area contributed by atoms with Crippen LogP contribution in [-0.4, -0.2) is 22.6 Å². The molecule has 0 saturated carbocycles. The molecule has 1 aromatic rings.